The molecule has 3 aromatic heterocycles. The highest BCUT2D eigenvalue weighted by Crippen LogP contribution is 2.27. The molecule has 9 heteroatoms. The molecule has 4 heterocycles. The molecule has 8 nitrogen and oxygen atoms in total. The molecular weight excluding hydrogens is 326 g/mol. The van der Waals surface area contributed by atoms with E-state index in [9.17, 15) is 4.79 Å². The highest BCUT2D eigenvalue weighted by atomic mass is 32.1. The molecule has 0 unspecified atom stereocenters. The molecule has 1 aliphatic heterocycles. The SMILES string of the molecule is Cc1nccn1[C@@H]1CCCN(C(=O)c2sccc2-n2cnnn2)C1. The Hall–Kier alpha value is -2.55. The summed E-state index contributed by atoms with van der Waals surface area (Å²) in [5.74, 6) is 1.03. The number of aromatic nitrogens is 6. The lowest BCUT2D eigenvalue weighted by Crippen LogP contribution is -2.40. The maximum Gasteiger partial charge on any atom is 0.266 e. The van der Waals surface area contributed by atoms with Crippen LogP contribution in [0.2, 0.25) is 0 Å². The zero-order valence-electron chi connectivity index (χ0n) is 13.2. The maximum absolute atomic E-state index is 13.0. The van der Waals surface area contributed by atoms with E-state index in [2.05, 4.69) is 25.1 Å². The lowest BCUT2D eigenvalue weighted by molar-refractivity contribution is 0.0683. The Morgan fingerprint density at radius 1 is 1.42 bits per heavy atom. The number of aryl methyl sites for hydroxylation is 1. The molecule has 0 saturated carbocycles. The van der Waals surface area contributed by atoms with Crippen molar-refractivity contribution in [2.75, 3.05) is 13.1 Å². The first-order chi connectivity index (χ1) is 11.7. The van der Waals surface area contributed by atoms with E-state index in [4.69, 9.17) is 0 Å². The number of carbonyl (C=O) groups is 1. The van der Waals surface area contributed by atoms with Gasteiger partial charge in [0.2, 0.25) is 0 Å². The number of imidazole rings is 1. The monoisotopic (exact) mass is 343 g/mol. The summed E-state index contributed by atoms with van der Waals surface area (Å²) < 4.78 is 3.70. The smallest absolute Gasteiger partial charge is 0.266 e. The summed E-state index contributed by atoms with van der Waals surface area (Å²) in [5.41, 5.74) is 0.732. The minimum absolute atomic E-state index is 0.0398. The van der Waals surface area contributed by atoms with Crippen molar-refractivity contribution in [3.63, 3.8) is 0 Å². The third-order valence-corrected chi connectivity index (χ3v) is 5.27. The van der Waals surface area contributed by atoms with E-state index in [0.717, 1.165) is 30.9 Å². The molecule has 0 aromatic carbocycles. The van der Waals surface area contributed by atoms with Crippen molar-refractivity contribution in [1.29, 1.82) is 0 Å². The summed E-state index contributed by atoms with van der Waals surface area (Å²) in [5, 5.41) is 13.1. The summed E-state index contributed by atoms with van der Waals surface area (Å²) in [4.78, 5) is 19.9. The molecular formula is C15H17N7OS. The zero-order valence-corrected chi connectivity index (χ0v) is 14.1. The molecule has 0 N–H and O–H groups in total. The summed E-state index contributed by atoms with van der Waals surface area (Å²) >= 11 is 1.42. The number of hydrogen-bond acceptors (Lipinski definition) is 6. The van der Waals surface area contributed by atoms with E-state index >= 15 is 0 Å². The van der Waals surface area contributed by atoms with Crippen LogP contribution in [0.1, 0.15) is 34.4 Å². The first-order valence-electron chi connectivity index (χ1n) is 7.83. The average molecular weight is 343 g/mol. The Kier molecular flexibility index (Phi) is 3.85. The van der Waals surface area contributed by atoms with E-state index in [1.807, 2.05) is 35.7 Å². The molecule has 4 rings (SSSR count). The summed E-state index contributed by atoms with van der Waals surface area (Å²) in [7, 11) is 0. The quantitative estimate of drug-likeness (QED) is 0.723. The van der Waals surface area contributed by atoms with Crippen molar-refractivity contribution in [2.24, 2.45) is 0 Å². The third kappa shape index (κ3) is 2.60. The van der Waals surface area contributed by atoms with Gasteiger partial charge in [0, 0.05) is 25.5 Å². The molecule has 0 aliphatic carbocycles. The molecule has 1 aliphatic rings. The van der Waals surface area contributed by atoms with Gasteiger partial charge in [-0.25, -0.2) is 4.98 Å². The molecule has 24 heavy (non-hydrogen) atoms. The summed E-state index contributed by atoms with van der Waals surface area (Å²) in [6.07, 6.45) is 7.36. The van der Waals surface area contributed by atoms with Gasteiger partial charge in [0.1, 0.15) is 17.0 Å². The Labute approximate surface area is 142 Å². The number of amides is 1. The predicted octanol–water partition coefficient (Wildman–Crippen LogP) is 1.71. The maximum atomic E-state index is 13.0. The van der Waals surface area contributed by atoms with Gasteiger partial charge in [-0.05, 0) is 41.6 Å². The number of piperidine rings is 1. The standard InChI is InChI=1S/C15H17N7OS/c1-11-16-5-7-21(11)12-3-2-6-20(9-12)15(23)14-13(4-8-24-14)22-10-17-18-19-22/h4-5,7-8,10,12H,2-3,6,9H2,1H3/t12-/m1/s1. The fourth-order valence-electron chi connectivity index (χ4n) is 3.20. The van der Waals surface area contributed by atoms with Crippen molar-refractivity contribution < 1.29 is 4.79 Å². The highest BCUT2D eigenvalue weighted by molar-refractivity contribution is 7.12. The second kappa shape index (κ2) is 6.16. The van der Waals surface area contributed by atoms with Gasteiger partial charge in [-0.3, -0.25) is 4.79 Å². The lowest BCUT2D eigenvalue weighted by Gasteiger charge is -2.33. The molecule has 0 bridgehead atoms. The molecule has 1 atom stereocenters. The normalized spacial score (nSPS) is 18.0. The molecule has 1 saturated heterocycles. The summed E-state index contributed by atoms with van der Waals surface area (Å²) in [6, 6.07) is 2.15. The van der Waals surface area contributed by atoms with Gasteiger partial charge in [0.05, 0.1) is 11.7 Å². The minimum Gasteiger partial charge on any atom is -0.336 e. The Balaban J connectivity index is 1.57. The van der Waals surface area contributed by atoms with Gasteiger partial charge in [0.15, 0.2) is 0 Å². The number of likely N-dealkylation sites (tertiary alicyclic amines) is 1. The average Bonchev–Trinajstić information content (AvgIpc) is 3.34. The zero-order chi connectivity index (χ0) is 16.5. The van der Waals surface area contributed by atoms with E-state index < -0.39 is 0 Å². The van der Waals surface area contributed by atoms with E-state index in [1.165, 1.54) is 22.3 Å². The van der Waals surface area contributed by atoms with Gasteiger partial charge >= 0.3 is 0 Å². The Morgan fingerprint density at radius 2 is 2.33 bits per heavy atom. The minimum atomic E-state index is 0.0398. The van der Waals surface area contributed by atoms with E-state index in [-0.39, 0.29) is 11.9 Å². The number of carbonyl (C=O) groups excluding carboxylic acids is 1. The second-order valence-corrected chi connectivity index (χ2v) is 6.73. The predicted molar refractivity (Wildman–Crippen MR) is 88.2 cm³/mol. The molecule has 0 radical (unpaired) electrons. The fraction of sp³-hybridized carbons (Fsp3) is 0.400. The van der Waals surface area contributed by atoms with Gasteiger partial charge in [-0.15, -0.1) is 16.4 Å². The number of hydrogen-bond donors (Lipinski definition) is 0. The van der Waals surface area contributed by atoms with Crippen LogP contribution < -0.4 is 0 Å². The fourth-order valence-corrected chi connectivity index (χ4v) is 4.04. The van der Waals surface area contributed by atoms with Crippen LogP contribution >= 0.6 is 11.3 Å². The van der Waals surface area contributed by atoms with Crippen molar-refractivity contribution in [3.8, 4) is 5.69 Å². The Bertz CT molecular complexity index is 838. The third-order valence-electron chi connectivity index (χ3n) is 4.37. The molecule has 0 spiro atoms. The van der Waals surface area contributed by atoms with Crippen LogP contribution in [0.25, 0.3) is 5.69 Å². The second-order valence-electron chi connectivity index (χ2n) is 5.82. The van der Waals surface area contributed by atoms with Crippen LogP contribution in [0.3, 0.4) is 0 Å². The lowest BCUT2D eigenvalue weighted by atomic mass is 10.0. The number of thiophene rings is 1. The van der Waals surface area contributed by atoms with Crippen LogP contribution in [0.15, 0.2) is 30.2 Å². The first-order valence-corrected chi connectivity index (χ1v) is 8.71. The number of nitrogens with zero attached hydrogens (tertiary/aromatic N) is 7. The summed E-state index contributed by atoms with van der Waals surface area (Å²) in [6.45, 7) is 3.47. The van der Waals surface area contributed by atoms with Crippen molar-refractivity contribution in [1.82, 2.24) is 34.7 Å². The molecule has 1 fully saturated rings. The van der Waals surface area contributed by atoms with Gasteiger partial charge in [-0.2, -0.15) is 4.68 Å². The van der Waals surface area contributed by atoms with Crippen LogP contribution in [-0.4, -0.2) is 53.7 Å². The largest absolute Gasteiger partial charge is 0.336 e. The van der Waals surface area contributed by atoms with Crippen LogP contribution in [0.5, 0.6) is 0 Å². The highest BCUT2D eigenvalue weighted by Gasteiger charge is 2.28. The van der Waals surface area contributed by atoms with Gasteiger partial charge in [-0.1, -0.05) is 0 Å². The number of rotatable bonds is 3. The van der Waals surface area contributed by atoms with Gasteiger partial charge in [0.25, 0.3) is 5.91 Å². The van der Waals surface area contributed by atoms with Crippen LogP contribution in [0.4, 0.5) is 0 Å². The van der Waals surface area contributed by atoms with Crippen LogP contribution in [0, 0.1) is 6.92 Å². The number of tetrazole rings is 1. The first kappa shape index (κ1) is 15.0. The van der Waals surface area contributed by atoms with Crippen molar-refractivity contribution in [2.45, 2.75) is 25.8 Å². The van der Waals surface area contributed by atoms with E-state index in [0.29, 0.717) is 11.4 Å². The Morgan fingerprint density at radius 3 is 3.08 bits per heavy atom. The van der Waals surface area contributed by atoms with Crippen molar-refractivity contribution >= 4 is 17.2 Å². The van der Waals surface area contributed by atoms with Gasteiger partial charge < -0.3 is 9.47 Å². The molecule has 3 aromatic rings. The van der Waals surface area contributed by atoms with Crippen molar-refractivity contribution in [3.05, 3.63) is 40.9 Å². The molecule has 1 amide bonds. The van der Waals surface area contributed by atoms with E-state index in [1.54, 1.807) is 0 Å². The topological polar surface area (TPSA) is 81.7 Å². The van der Waals surface area contributed by atoms with Crippen LogP contribution in [-0.2, 0) is 0 Å². The molecule has 124 valence electrons.